The molecule has 1 aliphatic rings. The Morgan fingerprint density at radius 1 is 1.04 bits per heavy atom. The first-order valence-corrected chi connectivity index (χ1v) is 10.8. The summed E-state index contributed by atoms with van der Waals surface area (Å²) >= 11 is 0. The summed E-state index contributed by atoms with van der Waals surface area (Å²) in [5.41, 5.74) is 0. The summed E-state index contributed by atoms with van der Waals surface area (Å²) in [6, 6.07) is 0.00346. The molecule has 1 amide bonds. The summed E-state index contributed by atoms with van der Waals surface area (Å²) in [7, 11) is -3.53. The fourth-order valence-corrected chi connectivity index (χ4v) is 4.32. The number of hydrogen-bond donors (Lipinski definition) is 1. The molecule has 0 radical (unpaired) electrons. The van der Waals surface area contributed by atoms with Crippen molar-refractivity contribution >= 4 is 15.9 Å². The van der Waals surface area contributed by atoms with Gasteiger partial charge in [0, 0.05) is 19.1 Å². The van der Waals surface area contributed by atoms with Gasteiger partial charge in [-0.1, -0.05) is 33.6 Å². The summed E-state index contributed by atoms with van der Waals surface area (Å²) in [6.07, 6.45) is 7.71. The Morgan fingerprint density at radius 3 is 2.04 bits per heavy atom. The number of carbonyl (C=O) groups is 1. The van der Waals surface area contributed by atoms with Crippen LogP contribution in [0.5, 0.6) is 0 Å². The zero-order chi connectivity index (χ0) is 17.3. The van der Waals surface area contributed by atoms with Gasteiger partial charge in [0.15, 0.2) is 0 Å². The van der Waals surface area contributed by atoms with Gasteiger partial charge < -0.3 is 4.90 Å². The van der Waals surface area contributed by atoms with Crippen molar-refractivity contribution in [2.45, 2.75) is 78.2 Å². The van der Waals surface area contributed by atoms with Gasteiger partial charge in [0.2, 0.25) is 15.9 Å². The molecule has 0 aromatic heterocycles. The largest absolute Gasteiger partial charge is 0.342 e. The van der Waals surface area contributed by atoms with Gasteiger partial charge in [0.05, 0.1) is 0 Å². The van der Waals surface area contributed by atoms with Crippen LogP contribution in [0.4, 0.5) is 0 Å². The van der Waals surface area contributed by atoms with Crippen molar-refractivity contribution in [3.63, 3.8) is 0 Å². The predicted octanol–water partition coefficient (Wildman–Crippen LogP) is 2.91. The summed E-state index contributed by atoms with van der Waals surface area (Å²) in [5, 5.41) is 0. The Balaban J connectivity index is 2.53. The smallest absolute Gasteiger partial charge is 0.239 e. The molecule has 23 heavy (non-hydrogen) atoms. The monoisotopic (exact) mass is 346 g/mol. The van der Waals surface area contributed by atoms with E-state index in [0.717, 1.165) is 51.4 Å². The average molecular weight is 347 g/mol. The van der Waals surface area contributed by atoms with Crippen LogP contribution in [0.25, 0.3) is 0 Å². The van der Waals surface area contributed by atoms with E-state index in [-0.39, 0.29) is 11.9 Å². The lowest BCUT2D eigenvalue weighted by Crippen LogP contribution is -2.44. The maximum atomic E-state index is 12.4. The number of rotatable bonds is 10. The minimum Gasteiger partial charge on any atom is -0.342 e. The van der Waals surface area contributed by atoms with Gasteiger partial charge in [0.1, 0.15) is 5.75 Å². The van der Waals surface area contributed by atoms with Gasteiger partial charge >= 0.3 is 0 Å². The van der Waals surface area contributed by atoms with Crippen LogP contribution in [0.1, 0.15) is 72.1 Å². The Bertz CT molecular complexity index is 435. The van der Waals surface area contributed by atoms with Gasteiger partial charge in [-0.05, 0) is 44.4 Å². The first kappa shape index (κ1) is 20.4. The summed E-state index contributed by atoms with van der Waals surface area (Å²) < 4.78 is 27.3. The highest BCUT2D eigenvalue weighted by molar-refractivity contribution is 7.90. The molecule has 0 atom stereocenters. The second-order valence-electron chi connectivity index (χ2n) is 6.92. The highest BCUT2D eigenvalue weighted by Gasteiger charge is 2.26. The molecule has 0 aliphatic heterocycles. The number of carbonyl (C=O) groups excluding carboxylic acids is 1. The third-order valence-corrected chi connectivity index (χ3v) is 5.91. The molecule has 0 spiro atoms. The summed E-state index contributed by atoms with van der Waals surface area (Å²) in [4.78, 5) is 14.1. The van der Waals surface area contributed by atoms with Gasteiger partial charge in [-0.3, -0.25) is 4.79 Å². The summed E-state index contributed by atoms with van der Waals surface area (Å²) in [6.45, 7) is 7.67. The standard InChI is InChI=1S/C17H34N2O3S/c1-4-6-12-19(13-7-5-2)17(20)14-23(21,22)18-16-10-8-15(3)9-11-16/h15-16,18H,4-14H2,1-3H3. The number of amides is 1. The van der Waals surface area contributed by atoms with E-state index in [1.807, 2.05) is 0 Å². The van der Waals surface area contributed by atoms with Gasteiger partial charge in [-0.2, -0.15) is 0 Å². The molecule has 0 unspecified atom stereocenters. The Morgan fingerprint density at radius 2 is 1.57 bits per heavy atom. The maximum absolute atomic E-state index is 12.4. The van der Waals surface area contributed by atoms with Crippen molar-refractivity contribution in [2.75, 3.05) is 18.8 Å². The van der Waals surface area contributed by atoms with E-state index < -0.39 is 15.8 Å². The lowest BCUT2D eigenvalue weighted by Gasteiger charge is -2.27. The average Bonchev–Trinajstić information content (AvgIpc) is 2.49. The second-order valence-corrected chi connectivity index (χ2v) is 8.68. The van der Waals surface area contributed by atoms with Crippen molar-refractivity contribution in [2.24, 2.45) is 5.92 Å². The first-order chi connectivity index (χ1) is 10.9. The van der Waals surface area contributed by atoms with Crippen LogP contribution in [0.2, 0.25) is 0 Å². The molecule has 0 bridgehead atoms. The minimum absolute atomic E-state index is 0.00346. The number of nitrogens with one attached hydrogen (secondary N) is 1. The molecular formula is C17H34N2O3S. The number of hydrogen-bond acceptors (Lipinski definition) is 3. The topological polar surface area (TPSA) is 66.5 Å². The molecule has 0 aromatic rings. The highest BCUT2D eigenvalue weighted by atomic mass is 32.2. The Kier molecular flexibility index (Phi) is 9.14. The Labute approximate surface area is 142 Å². The maximum Gasteiger partial charge on any atom is 0.239 e. The molecule has 1 N–H and O–H groups in total. The molecule has 1 saturated carbocycles. The molecule has 0 heterocycles. The van der Waals surface area contributed by atoms with Crippen molar-refractivity contribution in [1.82, 2.24) is 9.62 Å². The Hall–Kier alpha value is -0.620. The van der Waals surface area contributed by atoms with E-state index in [9.17, 15) is 13.2 Å². The number of nitrogens with zero attached hydrogens (tertiary/aromatic N) is 1. The van der Waals surface area contributed by atoms with E-state index in [4.69, 9.17) is 0 Å². The van der Waals surface area contributed by atoms with Gasteiger partial charge in [-0.15, -0.1) is 0 Å². The van der Waals surface area contributed by atoms with E-state index in [1.54, 1.807) is 4.90 Å². The molecular weight excluding hydrogens is 312 g/mol. The van der Waals surface area contributed by atoms with Crippen molar-refractivity contribution in [3.05, 3.63) is 0 Å². The van der Waals surface area contributed by atoms with Crippen LogP contribution in [0.3, 0.4) is 0 Å². The third kappa shape index (κ3) is 8.15. The van der Waals surface area contributed by atoms with Crippen LogP contribution in [0.15, 0.2) is 0 Å². The zero-order valence-electron chi connectivity index (χ0n) is 15.0. The van der Waals surface area contributed by atoms with E-state index in [0.29, 0.717) is 19.0 Å². The summed E-state index contributed by atoms with van der Waals surface area (Å²) in [5.74, 6) is 0.00601. The van der Waals surface area contributed by atoms with Crippen LogP contribution in [0, 0.1) is 5.92 Å². The molecule has 1 fully saturated rings. The molecule has 0 saturated heterocycles. The van der Waals surface area contributed by atoms with Gasteiger partial charge in [0.25, 0.3) is 0 Å². The molecule has 5 nitrogen and oxygen atoms in total. The molecule has 1 rings (SSSR count). The van der Waals surface area contributed by atoms with Crippen LogP contribution < -0.4 is 4.72 Å². The lowest BCUT2D eigenvalue weighted by molar-refractivity contribution is -0.128. The van der Waals surface area contributed by atoms with Gasteiger partial charge in [-0.25, -0.2) is 13.1 Å². The molecule has 136 valence electrons. The first-order valence-electron chi connectivity index (χ1n) is 9.15. The van der Waals surface area contributed by atoms with E-state index in [2.05, 4.69) is 25.5 Å². The highest BCUT2D eigenvalue weighted by Crippen LogP contribution is 2.23. The second kappa shape index (κ2) is 10.3. The number of unbranched alkanes of at least 4 members (excludes halogenated alkanes) is 2. The lowest BCUT2D eigenvalue weighted by atomic mass is 9.88. The van der Waals surface area contributed by atoms with E-state index in [1.165, 1.54) is 0 Å². The zero-order valence-corrected chi connectivity index (χ0v) is 15.8. The predicted molar refractivity (Wildman–Crippen MR) is 94.7 cm³/mol. The van der Waals surface area contributed by atoms with E-state index >= 15 is 0 Å². The SMILES string of the molecule is CCCCN(CCCC)C(=O)CS(=O)(=O)NC1CCC(C)CC1. The van der Waals surface area contributed by atoms with Crippen molar-refractivity contribution in [1.29, 1.82) is 0 Å². The minimum atomic E-state index is -3.53. The molecule has 6 heteroatoms. The normalized spacial score (nSPS) is 22.0. The van der Waals surface area contributed by atoms with Crippen molar-refractivity contribution in [3.8, 4) is 0 Å². The number of sulfonamides is 1. The fourth-order valence-electron chi connectivity index (χ4n) is 2.99. The molecule has 0 aromatic carbocycles. The van der Waals surface area contributed by atoms with Crippen LogP contribution >= 0.6 is 0 Å². The fraction of sp³-hybridized carbons (Fsp3) is 0.941. The third-order valence-electron chi connectivity index (χ3n) is 4.59. The quantitative estimate of drug-likeness (QED) is 0.661. The van der Waals surface area contributed by atoms with Crippen LogP contribution in [-0.4, -0.2) is 44.1 Å². The van der Waals surface area contributed by atoms with Crippen LogP contribution in [-0.2, 0) is 14.8 Å². The molecule has 1 aliphatic carbocycles. The van der Waals surface area contributed by atoms with Crippen molar-refractivity contribution < 1.29 is 13.2 Å².